The van der Waals surface area contributed by atoms with Gasteiger partial charge in [-0.15, -0.1) is 0 Å². The molecule has 0 aromatic carbocycles. The molecule has 0 spiro atoms. The zero-order valence-corrected chi connectivity index (χ0v) is 6.22. The maximum atomic E-state index is 3.88. The fourth-order valence-electron chi connectivity index (χ4n) is 0.491. The summed E-state index contributed by atoms with van der Waals surface area (Å²) in [6.07, 6.45) is 3.44. The lowest BCUT2D eigenvalue weighted by atomic mass is 10.4. The van der Waals surface area contributed by atoms with E-state index < -0.39 is 0 Å². The minimum absolute atomic E-state index is 0.925. The molecule has 48 valence electrons. The van der Waals surface area contributed by atoms with E-state index in [4.69, 9.17) is 0 Å². The fraction of sp³-hybridized carbons (Fsp3) is 0. The van der Waals surface area contributed by atoms with Crippen molar-refractivity contribution in [3.8, 4) is 0 Å². The van der Waals surface area contributed by atoms with E-state index in [0.29, 0.717) is 0 Å². The first-order valence-corrected chi connectivity index (χ1v) is 3.24. The molecular weight excluding hydrogens is 182 g/mol. The molecule has 0 saturated heterocycles. The van der Waals surface area contributed by atoms with Gasteiger partial charge in [0.1, 0.15) is 0 Å². The van der Waals surface area contributed by atoms with Gasteiger partial charge in [-0.3, -0.25) is 4.98 Å². The van der Waals surface area contributed by atoms with E-state index in [1.807, 2.05) is 12.1 Å². The van der Waals surface area contributed by atoms with Crippen LogP contribution in [0.3, 0.4) is 0 Å². The molecule has 3 nitrogen and oxygen atoms in total. The SMILES string of the molecule is BrNNc1cccnc1. The number of aromatic nitrogens is 1. The lowest BCUT2D eigenvalue weighted by molar-refractivity contribution is 1.21. The van der Waals surface area contributed by atoms with Crippen LogP contribution in [-0.4, -0.2) is 4.98 Å². The van der Waals surface area contributed by atoms with Crippen LogP contribution < -0.4 is 9.88 Å². The van der Waals surface area contributed by atoms with Crippen LogP contribution in [0.1, 0.15) is 0 Å². The Kier molecular flexibility index (Phi) is 2.48. The van der Waals surface area contributed by atoms with Crippen molar-refractivity contribution < 1.29 is 0 Å². The van der Waals surface area contributed by atoms with Crippen LogP contribution in [-0.2, 0) is 0 Å². The van der Waals surface area contributed by atoms with Crippen LogP contribution >= 0.6 is 16.1 Å². The molecule has 0 saturated carbocycles. The second-order valence-electron chi connectivity index (χ2n) is 1.46. The van der Waals surface area contributed by atoms with E-state index >= 15 is 0 Å². The maximum absolute atomic E-state index is 3.88. The minimum Gasteiger partial charge on any atom is -0.310 e. The van der Waals surface area contributed by atoms with E-state index in [1.165, 1.54) is 0 Å². The smallest absolute Gasteiger partial charge is 0.0679 e. The Hall–Kier alpha value is -0.610. The van der Waals surface area contributed by atoms with Gasteiger partial charge < -0.3 is 5.43 Å². The number of rotatable bonds is 2. The number of nitrogens with one attached hydrogen (secondary N) is 2. The summed E-state index contributed by atoms with van der Waals surface area (Å²) in [5.41, 5.74) is 3.74. The van der Waals surface area contributed by atoms with Crippen LogP contribution in [0.5, 0.6) is 0 Å². The molecule has 0 unspecified atom stereocenters. The summed E-state index contributed by atoms with van der Waals surface area (Å²) in [6, 6.07) is 3.76. The van der Waals surface area contributed by atoms with Crippen molar-refractivity contribution in [1.29, 1.82) is 0 Å². The van der Waals surface area contributed by atoms with Gasteiger partial charge in [0.15, 0.2) is 0 Å². The van der Waals surface area contributed by atoms with Gasteiger partial charge in [0, 0.05) is 22.3 Å². The van der Waals surface area contributed by atoms with Crippen molar-refractivity contribution in [2.24, 2.45) is 0 Å². The normalized spacial score (nSPS) is 9.00. The van der Waals surface area contributed by atoms with Gasteiger partial charge in [-0.05, 0) is 12.1 Å². The molecule has 0 aliphatic heterocycles. The highest BCUT2D eigenvalue weighted by Crippen LogP contribution is 1.99. The number of hydrogen-bond donors (Lipinski definition) is 2. The van der Waals surface area contributed by atoms with Crippen molar-refractivity contribution >= 4 is 21.8 Å². The van der Waals surface area contributed by atoms with Gasteiger partial charge in [0.25, 0.3) is 0 Å². The molecule has 0 aliphatic rings. The molecule has 1 aromatic rings. The average Bonchev–Trinajstić information content (AvgIpc) is 1.91. The zero-order chi connectivity index (χ0) is 6.53. The molecule has 0 bridgehead atoms. The summed E-state index contributed by atoms with van der Waals surface area (Å²) >= 11 is 3.00. The van der Waals surface area contributed by atoms with Gasteiger partial charge in [0.05, 0.1) is 11.9 Å². The van der Waals surface area contributed by atoms with Gasteiger partial charge in [-0.1, -0.05) is 0 Å². The number of anilines is 1. The minimum atomic E-state index is 0.925. The number of nitrogens with zero attached hydrogens (tertiary/aromatic N) is 1. The molecule has 0 aliphatic carbocycles. The van der Waals surface area contributed by atoms with Crippen LogP contribution in [0.2, 0.25) is 0 Å². The molecule has 0 radical (unpaired) electrons. The Morgan fingerprint density at radius 1 is 1.56 bits per heavy atom. The first-order valence-electron chi connectivity index (χ1n) is 2.45. The first-order chi connectivity index (χ1) is 4.43. The largest absolute Gasteiger partial charge is 0.310 e. The fourth-order valence-corrected chi connectivity index (χ4v) is 0.720. The molecule has 9 heavy (non-hydrogen) atoms. The quantitative estimate of drug-likeness (QED) is 0.542. The zero-order valence-electron chi connectivity index (χ0n) is 4.63. The predicted octanol–water partition coefficient (Wildman–Crippen LogP) is 1.31. The summed E-state index contributed by atoms with van der Waals surface area (Å²) in [5.74, 6) is 0. The molecule has 0 amide bonds. The third-order valence-corrected chi connectivity index (χ3v) is 1.05. The van der Waals surface area contributed by atoms with E-state index in [0.717, 1.165) is 5.69 Å². The second kappa shape index (κ2) is 3.42. The van der Waals surface area contributed by atoms with E-state index in [-0.39, 0.29) is 0 Å². The summed E-state index contributed by atoms with van der Waals surface area (Å²) in [7, 11) is 0. The highest BCUT2D eigenvalue weighted by molar-refractivity contribution is 9.08. The number of hydrazine groups is 1. The topological polar surface area (TPSA) is 37.0 Å². The predicted molar refractivity (Wildman–Crippen MR) is 39.9 cm³/mol. The molecular formula is C5H6BrN3. The summed E-state index contributed by atoms with van der Waals surface area (Å²) in [6.45, 7) is 0. The molecule has 4 heteroatoms. The summed E-state index contributed by atoms with van der Waals surface area (Å²) < 4.78 is 2.61. The Morgan fingerprint density at radius 3 is 3.00 bits per heavy atom. The molecule has 0 atom stereocenters. The van der Waals surface area contributed by atoms with Gasteiger partial charge in [-0.25, -0.2) is 0 Å². The molecule has 1 rings (SSSR count). The highest BCUT2D eigenvalue weighted by Gasteiger charge is 1.82. The van der Waals surface area contributed by atoms with Crippen molar-refractivity contribution in [2.45, 2.75) is 0 Å². The van der Waals surface area contributed by atoms with Crippen molar-refractivity contribution in [2.75, 3.05) is 5.43 Å². The van der Waals surface area contributed by atoms with Gasteiger partial charge in [-0.2, -0.15) is 4.45 Å². The summed E-state index contributed by atoms with van der Waals surface area (Å²) in [4.78, 5) is 3.88. The third-order valence-electron chi connectivity index (χ3n) is 0.853. The maximum Gasteiger partial charge on any atom is 0.0679 e. The Morgan fingerprint density at radius 2 is 2.44 bits per heavy atom. The number of halogens is 1. The lowest BCUT2D eigenvalue weighted by Crippen LogP contribution is -2.07. The van der Waals surface area contributed by atoms with Crippen LogP contribution in [0.4, 0.5) is 5.69 Å². The van der Waals surface area contributed by atoms with E-state index in [2.05, 4.69) is 31.0 Å². The van der Waals surface area contributed by atoms with Crippen LogP contribution in [0, 0.1) is 0 Å². The first kappa shape index (κ1) is 6.51. The Labute approximate surface area is 61.8 Å². The number of hydrogen-bond acceptors (Lipinski definition) is 3. The molecule has 2 N–H and O–H groups in total. The van der Waals surface area contributed by atoms with Gasteiger partial charge in [0.2, 0.25) is 0 Å². The second-order valence-corrected chi connectivity index (χ2v) is 1.86. The molecule has 0 fully saturated rings. The van der Waals surface area contributed by atoms with Gasteiger partial charge >= 0.3 is 0 Å². The van der Waals surface area contributed by atoms with Crippen molar-refractivity contribution in [3.05, 3.63) is 24.5 Å². The molecule has 1 aromatic heterocycles. The van der Waals surface area contributed by atoms with Crippen molar-refractivity contribution in [1.82, 2.24) is 9.44 Å². The summed E-state index contributed by atoms with van der Waals surface area (Å²) in [5, 5.41) is 0. The van der Waals surface area contributed by atoms with Crippen LogP contribution in [0.15, 0.2) is 24.5 Å². The lowest BCUT2D eigenvalue weighted by Gasteiger charge is -1.98. The monoisotopic (exact) mass is 187 g/mol. The number of pyridine rings is 1. The van der Waals surface area contributed by atoms with Crippen LogP contribution in [0.25, 0.3) is 0 Å². The van der Waals surface area contributed by atoms with E-state index in [9.17, 15) is 0 Å². The average molecular weight is 188 g/mol. The van der Waals surface area contributed by atoms with E-state index in [1.54, 1.807) is 12.4 Å². The third kappa shape index (κ3) is 1.99. The standard InChI is InChI=1S/C5H6BrN3/c6-9-8-5-2-1-3-7-4-5/h1-4,8-9H. The van der Waals surface area contributed by atoms with Crippen molar-refractivity contribution in [3.63, 3.8) is 0 Å². The highest BCUT2D eigenvalue weighted by atomic mass is 79.9. The molecule has 1 heterocycles. The Balaban J connectivity index is 2.61. The Bertz CT molecular complexity index is 165.